The van der Waals surface area contributed by atoms with Crippen molar-refractivity contribution in [3.05, 3.63) is 36.0 Å². The monoisotopic (exact) mass is 150 g/mol. The predicted octanol–water partition coefficient (Wildman–Crippen LogP) is 2.88. The maximum atomic E-state index is 12.9. The second-order valence-corrected chi connectivity index (χ2v) is 2.56. The Hall–Kier alpha value is -1.31. The predicted molar refractivity (Wildman–Crippen MR) is 40.9 cm³/mol. The molecule has 56 valence electrons. The Kier molecular flexibility index (Phi) is 1.22. The highest BCUT2D eigenvalue weighted by Crippen LogP contribution is 2.21. The Morgan fingerprint density at radius 1 is 1.18 bits per heavy atom. The Labute approximate surface area is 63.4 Å². The largest absolute Gasteiger partial charge is 0.471 e. The zero-order valence-electron chi connectivity index (χ0n) is 6.10. The number of benzene rings is 1. The van der Waals surface area contributed by atoms with Gasteiger partial charge in [-0.05, 0) is 18.6 Å². The van der Waals surface area contributed by atoms with Crippen molar-refractivity contribution in [2.24, 2.45) is 0 Å². The van der Waals surface area contributed by atoms with Crippen molar-refractivity contribution in [2.75, 3.05) is 0 Å². The minimum Gasteiger partial charge on any atom is -0.471 e. The molecule has 0 aliphatic carbocycles. The lowest BCUT2D eigenvalue weighted by atomic mass is 10.1. The SMILES string of the molecule is Cc1ccc(F)c2cocc12. The minimum atomic E-state index is -0.223. The van der Waals surface area contributed by atoms with Crippen LogP contribution in [0.2, 0.25) is 0 Å². The lowest BCUT2D eigenvalue weighted by Crippen LogP contribution is -1.77. The van der Waals surface area contributed by atoms with Crippen LogP contribution in [0.3, 0.4) is 0 Å². The standard InChI is InChI=1S/C9H7FO/c1-6-2-3-9(10)8-5-11-4-7(6)8/h2-5H,1H3. The molecule has 1 heterocycles. The fraction of sp³-hybridized carbons (Fsp3) is 0.111. The average molecular weight is 150 g/mol. The van der Waals surface area contributed by atoms with Gasteiger partial charge in [-0.1, -0.05) is 6.07 Å². The molecule has 0 saturated heterocycles. The summed E-state index contributed by atoms with van der Waals surface area (Å²) in [6, 6.07) is 3.19. The Morgan fingerprint density at radius 2 is 1.91 bits per heavy atom. The number of hydrogen-bond acceptors (Lipinski definition) is 1. The highest BCUT2D eigenvalue weighted by Gasteiger charge is 2.03. The number of hydrogen-bond donors (Lipinski definition) is 0. The van der Waals surface area contributed by atoms with Gasteiger partial charge in [0.2, 0.25) is 0 Å². The van der Waals surface area contributed by atoms with Gasteiger partial charge < -0.3 is 4.42 Å². The van der Waals surface area contributed by atoms with Crippen LogP contribution in [-0.2, 0) is 0 Å². The lowest BCUT2D eigenvalue weighted by molar-refractivity contribution is 0.569. The molecule has 0 N–H and O–H groups in total. The summed E-state index contributed by atoms with van der Waals surface area (Å²) < 4.78 is 17.8. The van der Waals surface area contributed by atoms with Gasteiger partial charge in [-0.15, -0.1) is 0 Å². The van der Waals surface area contributed by atoms with Crippen molar-refractivity contribution < 1.29 is 8.81 Å². The van der Waals surface area contributed by atoms with E-state index < -0.39 is 0 Å². The number of rotatable bonds is 0. The molecule has 0 aliphatic rings. The molecule has 2 heteroatoms. The van der Waals surface area contributed by atoms with Crippen molar-refractivity contribution in [1.82, 2.24) is 0 Å². The highest BCUT2D eigenvalue weighted by molar-refractivity contribution is 5.84. The highest BCUT2D eigenvalue weighted by atomic mass is 19.1. The molecule has 1 aromatic heterocycles. The molecule has 0 saturated carbocycles. The molecule has 0 unspecified atom stereocenters. The van der Waals surface area contributed by atoms with Crippen LogP contribution in [-0.4, -0.2) is 0 Å². The van der Waals surface area contributed by atoms with Gasteiger partial charge in [0.25, 0.3) is 0 Å². The van der Waals surface area contributed by atoms with Crippen molar-refractivity contribution in [3.8, 4) is 0 Å². The molecule has 0 fully saturated rings. The zero-order valence-corrected chi connectivity index (χ0v) is 6.10. The summed E-state index contributed by atoms with van der Waals surface area (Å²) >= 11 is 0. The summed E-state index contributed by atoms with van der Waals surface area (Å²) in [5.41, 5.74) is 1.04. The molecular weight excluding hydrogens is 143 g/mol. The van der Waals surface area contributed by atoms with Crippen LogP contribution in [0.15, 0.2) is 29.1 Å². The van der Waals surface area contributed by atoms with Gasteiger partial charge in [-0.2, -0.15) is 0 Å². The van der Waals surface area contributed by atoms with E-state index in [9.17, 15) is 4.39 Å². The first-order valence-electron chi connectivity index (χ1n) is 3.40. The molecule has 0 amide bonds. The lowest BCUT2D eigenvalue weighted by Gasteiger charge is -1.93. The summed E-state index contributed by atoms with van der Waals surface area (Å²) in [4.78, 5) is 0. The number of furan rings is 1. The summed E-state index contributed by atoms with van der Waals surface area (Å²) in [5, 5.41) is 1.41. The molecule has 1 aromatic carbocycles. The summed E-state index contributed by atoms with van der Waals surface area (Å²) in [7, 11) is 0. The third kappa shape index (κ3) is 0.827. The van der Waals surface area contributed by atoms with E-state index in [0.717, 1.165) is 10.9 Å². The summed E-state index contributed by atoms with van der Waals surface area (Å²) in [6.45, 7) is 1.93. The van der Waals surface area contributed by atoms with Crippen molar-refractivity contribution in [2.45, 2.75) is 6.92 Å². The first-order valence-corrected chi connectivity index (χ1v) is 3.40. The number of aryl methyl sites for hydroxylation is 1. The van der Waals surface area contributed by atoms with E-state index in [1.54, 1.807) is 12.3 Å². The van der Waals surface area contributed by atoms with E-state index in [4.69, 9.17) is 4.42 Å². The van der Waals surface area contributed by atoms with E-state index in [1.165, 1.54) is 12.3 Å². The van der Waals surface area contributed by atoms with Crippen molar-refractivity contribution in [3.63, 3.8) is 0 Å². The third-order valence-electron chi connectivity index (χ3n) is 1.82. The smallest absolute Gasteiger partial charge is 0.134 e. The molecule has 2 rings (SSSR count). The van der Waals surface area contributed by atoms with E-state index in [-0.39, 0.29) is 5.82 Å². The Morgan fingerprint density at radius 3 is 2.64 bits per heavy atom. The number of fused-ring (bicyclic) bond motifs is 1. The van der Waals surface area contributed by atoms with Crippen LogP contribution in [0, 0.1) is 12.7 Å². The molecule has 0 atom stereocenters. The molecule has 11 heavy (non-hydrogen) atoms. The minimum absolute atomic E-state index is 0.223. The fourth-order valence-electron chi connectivity index (χ4n) is 1.17. The number of halogens is 1. The Bertz CT molecular complexity index is 353. The van der Waals surface area contributed by atoms with Crippen LogP contribution >= 0.6 is 0 Å². The van der Waals surface area contributed by atoms with Gasteiger partial charge in [0.05, 0.1) is 11.6 Å². The normalized spacial score (nSPS) is 10.7. The molecule has 0 radical (unpaired) electrons. The van der Waals surface area contributed by atoms with Crippen molar-refractivity contribution >= 4 is 10.8 Å². The van der Waals surface area contributed by atoms with Gasteiger partial charge in [0.15, 0.2) is 0 Å². The summed E-state index contributed by atoms with van der Waals surface area (Å²) in [6.07, 6.45) is 2.99. The fourth-order valence-corrected chi connectivity index (χ4v) is 1.17. The van der Waals surface area contributed by atoms with Crippen LogP contribution in [0.4, 0.5) is 4.39 Å². The second-order valence-electron chi connectivity index (χ2n) is 2.56. The second kappa shape index (κ2) is 2.09. The van der Waals surface area contributed by atoms with Gasteiger partial charge in [0, 0.05) is 5.39 Å². The maximum absolute atomic E-state index is 12.9. The average Bonchev–Trinajstić information content (AvgIpc) is 2.45. The summed E-state index contributed by atoms with van der Waals surface area (Å²) in [5.74, 6) is -0.223. The molecular formula is C9H7FO. The first kappa shape index (κ1) is 6.40. The third-order valence-corrected chi connectivity index (χ3v) is 1.82. The van der Waals surface area contributed by atoms with E-state index >= 15 is 0 Å². The molecule has 0 bridgehead atoms. The van der Waals surface area contributed by atoms with Gasteiger partial charge in [-0.25, -0.2) is 4.39 Å². The zero-order chi connectivity index (χ0) is 7.84. The first-order chi connectivity index (χ1) is 5.29. The van der Waals surface area contributed by atoms with Crippen LogP contribution < -0.4 is 0 Å². The van der Waals surface area contributed by atoms with Gasteiger partial charge >= 0.3 is 0 Å². The van der Waals surface area contributed by atoms with Crippen molar-refractivity contribution in [1.29, 1.82) is 0 Å². The molecule has 0 aliphatic heterocycles. The quantitative estimate of drug-likeness (QED) is 0.562. The maximum Gasteiger partial charge on any atom is 0.134 e. The van der Waals surface area contributed by atoms with Crippen LogP contribution in [0.5, 0.6) is 0 Å². The van der Waals surface area contributed by atoms with Gasteiger partial charge in [-0.3, -0.25) is 0 Å². The topological polar surface area (TPSA) is 13.1 Å². The Balaban J connectivity index is 2.96. The molecule has 1 nitrogen and oxygen atoms in total. The van der Waals surface area contributed by atoms with E-state index in [0.29, 0.717) is 5.39 Å². The van der Waals surface area contributed by atoms with Crippen LogP contribution in [0.25, 0.3) is 10.8 Å². The van der Waals surface area contributed by atoms with E-state index in [2.05, 4.69) is 0 Å². The van der Waals surface area contributed by atoms with Crippen LogP contribution in [0.1, 0.15) is 5.56 Å². The molecule has 0 spiro atoms. The van der Waals surface area contributed by atoms with Gasteiger partial charge in [0.1, 0.15) is 12.1 Å². The molecule has 2 aromatic rings. The van der Waals surface area contributed by atoms with E-state index in [1.807, 2.05) is 6.92 Å².